The zero-order chi connectivity index (χ0) is 12.0. The van der Waals surface area contributed by atoms with Gasteiger partial charge in [0, 0.05) is 18.1 Å². The number of methoxy groups -OCH3 is 1. The third-order valence-electron chi connectivity index (χ3n) is 3.20. The number of ether oxygens (including phenoxy) is 3. The lowest BCUT2D eigenvalue weighted by atomic mass is 10.0. The molecule has 2 aliphatic rings. The van der Waals surface area contributed by atoms with Gasteiger partial charge in [0.2, 0.25) is 6.79 Å². The number of hydrogen-bond acceptors (Lipinski definition) is 4. The second-order valence-corrected chi connectivity index (χ2v) is 4.51. The van der Waals surface area contributed by atoms with Crippen molar-refractivity contribution in [1.29, 1.82) is 0 Å². The fraction of sp³-hybridized carbons (Fsp3) is 0.500. The Morgan fingerprint density at radius 1 is 1.47 bits per heavy atom. The summed E-state index contributed by atoms with van der Waals surface area (Å²) < 4.78 is 29.3. The van der Waals surface area contributed by atoms with Gasteiger partial charge in [-0.05, 0) is 12.8 Å². The second kappa shape index (κ2) is 3.50. The van der Waals surface area contributed by atoms with Crippen LogP contribution in [0.25, 0.3) is 0 Å². The Kier molecular flexibility index (Phi) is 2.19. The summed E-state index contributed by atoms with van der Waals surface area (Å²) in [5.74, 6) is 0.511. The van der Waals surface area contributed by atoms with Gasteiger partial charge in [-0.3, -0.25) is 0 Å². The number of aliphatic hydroxyl groups is 1. The maximum absolute atomic E-state index is 13.8. The molecule has 1 aliphatic carbocycles. The summed E-state index contributed by atoms with van der Waals surface area (Å²) >= 11 is 0. The molecule has 0 atom stereocenters. The van der Waals surface area contributed by atoms with Crippen LogP contribution in [-0.4, -0.2) is 24.6 Å². The van der Waals surface area contributed by atoms with Gasteiger partial charge >= 0.3 is 0 Å². The van der Waals surface area contributed by atoms with Crippen LogP contribution in [0.4, 0.5) is 4.39 Å². The number of rotatable bonds is 3. The summed E-state index contributed by atoms with van der Waals surface area (Å²) in [6, 6.07) is 1.25. The van der Waals surface area contributed by atoms with Gasteiger partial charge in [-0.2, -0.15) is 0 Å². The quantitative estimate of drug-likeness (QED) is 0.872. The van der Waals surface area contributed by atoms with E-state index in [4.69, 9.17) is 14.2 Å². The fourth-order valence-corrected chi connectivity index (χ4v) is 2.09. The van der Waals surface area contributed by atoms with Crippen molar-refractivity contribution in [2.24, 2.45) is 0 Å². The van der Waals surface area contributed by atoms with E-state index in [1.807, 2.05) is 0 Å². The Labute approximate surface area is 97.9 Å². The highest BCUT2D eigenvalue weighted by atomic mass is 19.1. The molecule has 1 aliphatic heterocycles. The fourth-order valence-electron chi connectivity index (χ4n) is 2.09. The predicted octanol–water partition coefficient (Wildman–Crippen LogP) is 1.63. The lowest BCUT2D eigenvalue weighted by molar-refractivity contribution is 0.146. The first-order chi connectivity index (χ1) is 8.13. The average Bonchev–Trinajstić information content (AvgIpc) is 2.84. The van der Waals surface area contributed by atoms with E-state index in [-0.39, 0.29) is 12.5 Å². The SMILES string of the molecule is COc1c(F)cc2c(c1CC1(O)CC1)OCO2. The Balaban J connectivity index is 2.09. The molecule has 3 rings (SSSR count). The van der Waals surface area contributed by atoms with Gasteiger partial charge in [0.15, 0.2) is 23.1 Å². The summed E-state index contributed by atoms with van der Waals surface area (Å²) in [4.78, 5) is 0. The lowest BCUT2D eigenvalue weighted by Gasteiger charge is -2.14. The van der Waals surface area contributed by atoms with Crippen molar-refractivity contribution in [3.63, 3.8) is 0 Å². The maximum Gasteiger partial charge on any atom is 0.231 e. The summed E-state index contributed by atoms with van der Waals surface area (Å²) in [5.41, 5.74) is -0.180. The van der Waals surface area contributed by atoms with Crippen LogP contribution in [0, 0.1) is 5.82 Å². The van der Waals surface area contributed by atoms with E-state index >= 15 is 0 Å². The second-order valence-electron chi connectivity index (χ2n) is 4.51. The molecular formula is C12H13FO4. The van der Waals surface area contributed by atoms with E-state index in [2.05, 4.69) is 0 Å². The highest BCUT2D eigenvalue weighted by molar-refractivity contribution is 5.56. The summed E-state index contributed by atoms with van der Waals surface area (Å²) in [6.45, 7) is 0.0768. The number of benzene rings is 1. The van der Waals surface area contributed by atoms with Crippen molar-refractivity contribution < 1.29 is 23.7 Å². The molecule has 0 aromatic heterocycles. The standard InChI is InChI=1S/C12H13FO4/c1-15-10-7(5-12(14)2-3-12)11-9(4-8(10)13)16-6-17-11/h4,14H,2-3,5-6H2,1H3. The van der Waals surface area contributed by atoms with Gasteiger partial charge in [-0.15, -0.1) is 0 Å². The monoisotopic (exact) mass is 240 g/mol. The molecule has 1 heterocycles. The third-order valence-corrected chi connectivity index (χ3v) is 3.20. The molecule has 92 valence electrons. The van der Waals surface area contributed by atoms with E-state index in [0.717, 1.165) is 12.8 Å². The van der Waals surface area contributed by atoms with Crippen molar-refractivity contribution in [3.05, 3.63) is 17.4 Å². The smallest absolute Gasteiger partial charge is 0.231 e. The van der Waals surface area contributed by atoms with E-state index < -0.39 is 11.4 Å². The molecule has 5 heteroatoms. The normalized spacial score (nSPS) is 19.2. The minimum Gasteiger partial charge on any atom is -0.493 e. The summed E-state index contributed by atoms with van der Waals surface area (Å²) in [7, 11) is 1.40. The van der Waals surface area contributed by atoms with Crippen LogP contribution < -0.4 is 14.2 Å². The van der Waals surface area contributed by atoms with Gasteiger partial charge < -0.3 is 19.3 Å². The molecule has 4 nitrogen and oxygen atoms in total. The molecule has 0 amide bonds. The van der Waals surface area contributed by atoms with E-state index in [1.54, 1.807) is 0 Å². The van der Waals surface area contributed by atoms with Gasteiger partial charge in [-0.25, -0.2) is 4.39 Å². The molecule has 1 saturated carbocycles. The molecule has 0 saturated heterocycles. The van der Waals surface area contributed by atoms with E-state index in [9.17, 15) is 9.50 Å². The molecule has 1 aromatic rings. The van der Waals surface area contributed by atoms with Crippen LogP contribution in [0.5, 0.6) is 17.2 Å². The Morgan fingerprint density at radius 2 is 2.24 bits per heavy atom. The van der Waals surface area contributed by atoms with E-state index in [0.29, 0.717) is 23.5 Å². The summed E-state index contributed by atoms with van der Waals surface area (Å²) in [6.07, 6.45) is 1.78. The molecule has 0 radical (unpaired) electrons. The van der Waals surface area contributed by atoms with Crippen LogP contribution in [0.2, 0.25) is 0 Å². The minimum atomic E-state index is -0.735. The lowest BCUT2D eigenvalue weighted by Crippen LogP contribution is -2.13. The van der Waals surface area contributed by atoms with E-state index in [1.165, 1.54) is 13.2 Å². The Hall–Kier alpha value is -1.49. The molecule has 1 fully saturated rings. The largest absolute Gasteiger partial charge is 0.493 e. The summed E-state index contributed by atoms with van der Waals surface area (Å²) in [5, 5.41) is 9.95. The van der Waals surface area contributed by atoms with Crippen LogP contribution >= 0.6 is 0 Å². The first-order valence-electron chi connectivity index (χ1n) is 5.50. The molecule has 17 heavy (non-hydrogen) atoms. The number of halogens is 1. The topological polar surface area (TPSA) is 47.9 Å². The van der Waals surface area contributed by atoms with Crippen molar-refractivity contribution in [3.8, 4) is 17.2 Å². The van der Waals surface area contributed by atoms with Crippen LogP contribution in [-0.2, 0) is 6.42 Å². The molecule has 0 unspecified atom stereocenters. The Bertz CT molecular complexity index is 464. The molecule has 1 N–H and O–H groups in total. The van der Waals surface area contributed by atoms with Crippen molar-refractivity contribution >= 4 is 0 Å². The highest BCUT2D eigenvalue weighted by Gasteiger charge is 2.43. The molecular weight excluding hydrogens is 227 g/mol. The zero-order valence-electron chi connectivity index (χ0n) is 9.46. The van der Waals surface area contributed by atoms with Gasteiger partial charge in [-0.1, -0.05) is 0 Å². The third kappa shape index (κ3) is 1.70. The predicted molar refractivity (Wildman–Crippen MR) is 57.0 cm³/mol. The van der Waals surface area contributed by atoms with Crippen molar-refractivity contribution in [2.75, 3.05) is 13.9 Å². The Morgan fingerprint density at radius 3 is 2.88 bits per heavy atom. The zero-order valence-corrected chi connectivity index (χ0v) is 9.46. The van der Waals surface area contributed by atoms with Crippen molar-refractivity contribution in [1.82, 2.24) is 0 Å². The van der Waals surface area contributed by atoms with Crippen LogP contribution in [0.3, 0.4) is 0 Å². The number of hydrogen-bond donors (Lipinski definition) is 1. The highest BCUT2D eigenvalue weighted by Crippen LogP contribution is 2.48. The van der Waals surface area contributed by atoms with Crippen molar-refractivity contribution in [2.45, 2.75) is 24.9 Å². The first kappa shape index (κ1) is 10.7. The molecule has 0 spiro atoms. The van der Waals surface area contributed by atoms with Crippen LogP contribution in [0.1, 0.15) is 18.4 Å². The van der Waals surface area contributed by atoms with Gasteiger partial charge in [0.1, 0.15) is 0 Å². The maximum atomic E-state index is 13.8. The minimum absolute atomic E-state index is 0.0768. The molecule has 0 bridgehead atoms. The first-order valence-corrected chi connectivity index (χ1v) is 5.50. The number of fused-ring (bicyclic) bond motifs is 1. The van der Waals surface area contributed by atoms with Gasteiger partial charge in [0.05, 0.1) is 12.7 Å². The molecule has 1 aromatic carbocycles. The van der Waals surface area contributed by atoms with Crippen LogP contribution in [0.15, 0.2) is 6.07 Å². The van der Waals surface area contributed by atoms with Gasteiger partial charge in [0.25, 0.3) is 0 Å². The average molecular weight is 240 g/mol.